The third-order valence-electron chi connectivity index (χ3n) is 2.75. The van der Waals surface area contributed by atoms with Gasteiger partial charge < -0.3 is 4.74 Å². The SMILES string of the molecule is O=c1[nH]c(Cl)c(F)c(=O)n1CC1CCCCO1. The molecule has 0 amide bonds. The van der Waals surface area contributed by atoms with Crippen molar-refractivity contribution >= 4 is 11.6 Å². The Kier molecular flexibility index (Phi) is 3.63. The van der Waals surface area contributed by atoms with Crippen LogP contribution in [0.15, 0.2) is 9.59 Å². The zero-order chi connectivity index (χ0) is 12.4. The molecule has 5 nitrogen and oxygen atoms in total. The van der Waals surface area contributed by atoms with E-state index < -0.39 is 22.2 Å². The van der Waals surface area contributed by atoms with E-state index >= 15 is 0 Å². The van der Waals surface area contributed by atoms with E-state index in [0.29, 0.717) is 6.61 Å². The lowest BCUT2D eigenvalue weighted by molar-refractivity contribution is 0.00450. The topological polar surface area (TPSA) is 64.1 Å². The standard InChI is InChI=1S/C10H12ClFN2O3/c11-8-7(12)9(15)14(10(16)13-8)5-6-3-1-2-4-17-6/h6H,1-5H2,(H,13,16). The average molecular weight is 263 g/mol. The van der Waals surface area contributed by atoms with E-state index in [1.54, 1.807) is 0 Å². The third kappa shape index (κ3) is 2.58. The first-order valence-corrected chi connectivity index (χ1v) is 5.77. The lowest BCUT2D eigenvalue weighted by Crippen LogP contribution is -2.41. The number of nitrogens with one attached hydrogen (secondary N) is 1. The van der Waals surface area contributed by atoms with Gasteiger partial charge >= 0.3 is 5.69 Å². The highest BCUT2D eigenvalue weighted by atomic mass is 35.5. The molecule has 2 heterocycles. The summed E-state index contributed by atoms with van der Waals surface area (Å²) in [7, 11) is 0. The number of hydrogen-bond acceptors (Lipinski definition) is 3. The van der Waals surface area contributed by atoms with Gasteiger partial charge in [-0.3, -0.25) is 14.3 Å². The van der Waals surface area contributed by atoms with Crippen molar-refractivity contribution in [3.63, 3.8) is 0 Å². The first-order chi connectivity index (χ1) is 8.09. The maximum atomic E-state index is 13.2. The molecule has 1 unspecified atom stereocenters. The van der Waals surface area contributed by atoms with Crippen LogP contribution in [0.4, 0.5) is 4.39 Å². The molecule has 1 atom stereocenters. The highest BCUT2D eigenvalue weighted by Gasteiger charge is 2.19. The molecule has 0 radical (unpaired) electrons. The summed E-state index contributed by atoms with van der Waals surface area (Å²) in [5.74, 6) is -1.14. The summed E-state index contributed by atoms with van der Waals surface area (Å²) in [6.45, 7) is 0.662. The molecule has 7 heteroatoms. The third-order valence-corrected chi connectivity index (χ3v) is 3.01. The van der Waals surface area contributed by atoms with Gasteiger partial charge in [-0.1, -0.05) is 11.6 Å². The summed E-state index contributed by atoms with van der Waals surface area (Å²) >= 11 is 5.36. The molecule has 2 rings (SSSR count). The summed E-state index contributed by atoms with van der Waals surface area (Å²) in [5.41, 5.74) is -1.72. The van der Waals surface area contributed by atoms with Gasteiger partial charge in [0.15, 0.2) is 5.15 Å². The normalized spacial score (nSPS) is 20.5. The smallest absolute Gasteiger partial charge is 0.329 e. The van der Waals surface area contributed by atoms with E-state index in [1.807, 2.05) is 0 Å². The van der Waals surface area contributed by atoms with E-state index in [9.17, 15) is 14.0 Å². The Morgan fingerprint density at radius 2 is 2.24 bits per heavy atom. The second kappa shape index (κ2) is 5.01. The summed E-state index contributed by atoms with van der Waals surface area (Å²) in [6, 6.07) is 0. The van der Waals surface area contributed by atoms with Crippen molar-refractivity contribution in [1.82, 2.24) is 9.55 Å². The Morgan fingerprint density at radius 3 is 2.88 bits per heavy atom. The van der Waals surface area contributed by atoms with Crippen LogP contribution in [-0.2, 0) is 11.3 Å². The van der Waals surface area contributed by atoms with Gasteiger partial charge in [-0.15, -0.1) is 0 Å². The van der Waals surface area contributed by atoms with Crippen molar-refractivity contribution in [2.24, 2.45) is 0 Å². The largest absolute Gasteiger partial charge is 0.376 e. The molecule has 1 aromatic heterocycles. The summed E-state index contributed by atoms with van der Waals surface area (Å²) < 4.78 is 19.4. The van der Waals surface area contributed by atoms with E-state index in [1.165, 1.54) is 0 Å². The van der Waals surface area contributed by atoms with Crippen molar-refractivity contribution in [1.29, 1.82) is 0 Å². The van der Waals surface area contributed by atoms with Crippen molar-refractivity contribution in [3.05, 3.63) is 31.8 Å². The van der Waals surface area contributed by atoms with Crippen LogP contribution in [0.1, 0.15) is 19.3 Å². The number of aromatic nitrogens is 2. The first-order valence-electron chi connectivity index (χ1n) is 5.39. The molecule has 94 valence electrons. The predicted molar refractivity (Wildman–Crippen MR) is 59.9 cm³/mol. The molecule has 1 N–H and O–H groups in total. The number of ether oxygens (including phenoxy) is 1. The summed E-state index contributed by atoms with van der Waals surface area (Å²) in [5, 5.41) is -0.555. The lowest BCUT2D eigenvalue weighted by atomic mass is 10.1. The molecule has 1 fully saturated rings. The van der Waals surface area contributed by atoms with Gasteiger partial charge in [0.05, 0.1) is 12.6 Å². The molecule has 1 aliphatic rings. The molecule has 0 aromatic carbocycles. The molecular formula is C10H12ClFN2O3. The second-order valence-electron chi connectivity index (χ2n) is 3.96. The van der Waals surface area contributed by atoms with Crippen LogP contribution in [0, 0.1) is 5.82 Å². The minimum absolute atomic E-state index is 0.0578. The van der Waals surface area contributed by atoms with E-state index in [0.717, 1.165) is 23.8 Å². The Hall–Kier alpha value is -1.14. The number of aromatic amines is 1. The van der Waals surface area contributed by atoms with Gasteiger partial charge in [0.25, 0.3) is 5.56 Å². The Morgan fingerprint density at radius 1 is 1.47 bits per heavy atom. The van der Waals surface area contributed by atoms with Crippen LogP contribution in [0.3, 0.4) is 0 Å². The maximum Gasteiger partial charge on any atom is 0.329 e. The van der Waals surface area contributed by atoms with Crippen molar-refractivity contribution in [2.75, 3.05) is 6.61 Å². The predicted octanol–water partition coefficient (Wildman–Crippen LogP) is 0.898. The van der Waals surface area contributed by atoms with Crippen LogP contribution in [0.5, 0.6) is 0 Å². The van der Waals surface area contributed by atoms with Gasteiger partial charge in [0.2, 0.25) is 5.82 Å². The Labute approximate surface area is 101 Å². The van der Waals surface area contributed by atoms with Crippen LogP contribution >= 0.6 is 11.6 Å². The number of rotatable bonds is 2. The molecule has 17 heavy (non-hydrogen) atoms. The fourth-order valence-corrected chi connectivity index (χ4v) is 2.00. The summed E-state index contributed by atoms with van der Waals surface area (Å²) in [6.07, 6.45) is 2.49. The van der Waals surface area contributed by atoms with Gasteiger partial charge in [0, 0.05) is 6.61 Å². The second-order valence-corrected chi connectivity index (χ2v) is 4.34. The number of halogens is 2. The molecule has 1 saturated heterocycles. The molecular weight excluding hydrogens is 251 g/mol. The number of hydrogen-bond donors (Lipinski definition) is 1. The van der Waals surface area contributed by atoms with Gasteiger partial charge in [-0.25, -0.2) is 4.79 Å². The lowest BCUT2D eigenvalue weighted by Gasteiger charge is -2.22. The zero-order valence-corrected chi connectivity index (χ0v) is 9.80. The minimum atomic E-state index is -1.14. The van der Waals surface area contributed by atoms with E-state index in [4.69, 9.17) is 16.3 Å². The molecule has 0 spiro atoms. The Bertz CT molecular complexity index is 519. The van der Waals surface area contributed by atoms with E-state index in [-0.39, 0.29) is 12.6 Å². The first kappa shape index (κ1) is 12.3. The quantitative estimate of drug-likeness (QED) is 0.806. The molecule has 1 aromatic rings. The van der Waals surface area contributed by atoms with Crippen LogP contribution in [0.2, 0.25) is 5.15 Å². The van der Waals surface area contributed by atoms with Crippen molar-refractivity contribution < 1.29 is 9.13 Å². The molecule has 0 bridgehead atoms. The fraction of sp³-hybridized carbons (Fsp3) is 0.600. The van der Waals surface area contributed by atoms with Gasteiger partial charge in [-0.2, -0.15) is 4.39 Å². The van der Waals surface area contributed by atoms with Gasteiger partial charge in [0.1, 0.15) is 0 Å². The Balaban J connectivity index is 2.29. The minimum Gasteiger partial charge on any atom is -0.376 e. The fourth-order valence-electron chi connectivity index (χ4n) is 1.84. The highest BCUT2D eigenvalue weighted by molar-refractivity contribution is 6.29. The monoisotopic (exact) mass is 262 g/mol. The van der Waals surface area contributed by atoms with Crippen molar-refractivity contribution in [2.45, 2.75) is 31.9 Å². The number of H-pyrrole nitrogens is 1. The molecule has 0 aliphatic carbocycles. The van der Waals surface area contributed by atoms with E-state index in [2.05, 4.69) is 4.98 Å². The molecule has 0 saturated carbocycles. The molecule has 1 aliphatic heterocycles. The average Bonchev–Trinajstić information content (AvgIpc) is 2.33. The van der Waals surface area contributed by atoms with Crippen molar-refractivity contribution in [3.8, 4) is 0 Å². The highest BCUT2D eigenvalue weighted by Crippen LogP contribution is 2.13. The van der Waals surface area contributed by atoms with Gasteiger partial charge in [-0.05, 0) is 19.3 Å². The zero-order valence-electron chi connectivity index (χ0n) is 9.04. The number of nitrogens with zero attached hydrogens (tertiary/aromatic N) is 1. The maximum absolute atomic E-state index is 13.2. The van der Waals surface area contributed by atoms with Crippen LogP contribution < -0.4 is 11.2 Å². The van der Waals surface area contributed by atoms with Crippen LogP contribution in [0.25, 0.3) is 0 Å². The van der Waals surface area contributed by atoms with Crippen LogP contribution in [-0.4, -0.2) is 22.3 Å². The summed E-state index contributed by atoms with van der Waals surface area (Å²) in [4.78, 5) is 25.1.